The summed E-state index contributed by atoms with van der Waals surface area (Å²) >= 11 is 21.4. The highest BCUT2D eigenvalue weighted by atomic mass is 79.9. The molecule has 5 heteroatoms. The molecule has 1 N–H and O–H groups in total. The fourth-order valence-corrected chi connectivity index (χ4v) is 2.66. The standard InChI is InChI=1S/C13H9BrCl3N/c14-9-1-2-12(17)13(5-9)18-7-8-3-10(15)6-11(16)4-8/h1-6,18H,7H2. The van der Waals surface area contributed by atoms with Gasteiger partial charge in [0.1, 0.15) is 0 Å². The molecule has 0 radical (unpaired) electrons. The molecule has 0 aliphatic heterocycles. The predicted octanol–water partition coefficient (Wildman–Crippen LogP) is 6.02. The quantitative estimate of drug-likeness (QED) is 0.701. The Morgan fingerprint density at radius 1 is 0.944 bits per heavy atom. The van der Waals surface area contributed by atoms with Gasteiger partial charge in [-0.05, 0) is 42.0 Å². The van der Waals surface area contributed by atoms with Gasteiger partial charge in [-0.15, -0.1) is 0 Å². The molecule has 2 rings (SSSR count). The van der Waals surface area contributed by atoms with Crippen molar-refractivity contribution in [2.45, 2.75) is 6.54 Å². The van der Waals surface area contributed by atoms with E-state index in [9.17, 15) is 0 Å². The van der Waals surface area contributed by atoms with Crippen LogP contribution in [0.4, 0.5) is 5.69 Å². The van der Waals surface area contributed by atoms with E-state index in [0.29, 0.717) is 21.6 Å². The highest BCUT2D eigenvalue weighted by Gasteiger charge is 2.02. The van der Waals surface area contributed by atoms with Crippen molar-refractivity contribution in [1.29, 1.82) is 0 Å². The van der Waals surface area contributed by atoms with E-state index in [1.165, 1.54) is 0 Å². The molecule has 0 heterocycles. The molecule has 0 aliphatic carbocycles. The van der Waals surface area contributed by atoms with Crippen molar-refractivity contribution >= 4 is 56.4 Å². The maximum absolute atomic E-state index is 6.09. The Labute approximate surface area is 129 Å². The zero-order valence-electron chi connectivity index (χ0n) is 9.18. The molecular weight excluding hydrogens is 356 g/mol. The third-order valence-corrected chi connectivity index (χ3v) is 3.59. The summed E-state index contributed by atoms with van der Waals surface area (Å²) in [5.41, 5.74) is 1.87. The number of hydrogen-bond acceptors (Lipinski definition) is 1. The van der Waals surface area contributed by atoms with Crippen LogP contribution in [0.5, 0.6) is 0 Å². The monoisotopic (exact) mass is 363 g/mol. The third kappa shape index (κ3) is 3.79. The van der Waals surface area contributed by atoms with Crippen molar-refractivity contribution in [2.24, 2.45) is 0 Å². The zero-order valence-corrected chi connectivity index (χ0v) is 13.0. The Bertz CT molecular complexity index is 552. The lowest BCUT2D eigenvalue weighted by Crippen LogP contribution is -2.00. The number of benzene rings is 2. The van der Waals surface area contributed by atoms with Gasteiger partial charge >= 0.3 is 0 Å². The molecule has 0 saturated heterocycles. The van der Waals surface area contributed by atoms with Crippen molar-refractivity contribution < 1.29 is 0 Å². The molecular formula is C13H9BrCl3N. The summed E-state index contributed by atoms with van der Waals surface area (Å²) < 4.78 is 0.971. The number of nitrogens with one attached hydrogen (secondary N) is 1. The van der Waals surface area contributed by atoms with E-state index in [1.807, 2.05) is 30.3 Å². The molecule has 2 aromatic carbocycles. The van der Waals surface area contributed by atoms with E-state index in [1.54, 1.807) is 6.07 Å². The first kappa shape index (κ1) is 14.0. The minimum Gasteiger partial charge on any atom is -0.380 e. The predicted molar refractivity (Wildman–Crippen MR) is 82.9 cm³/mol. The summed E-state index contributed by atoms with van der Waals surface area (Å²) in [4.78, 5) is 0. The first-order valence-electron chi connectivity index (χ1n) is 5.18. The fraction of sp³-hybridized carbons (Fsp3) is 0.0769. The van der Waals surface area contributed by atoms with Crippen molar-refractivity contribution in [2.75, 3.05) is 5.32 Å². The van der Waals surface area contributed by atoms with Gasteiger partial charge in [-0.25, -0.2) is 0 Å². The van der Waals surface area contributed by atoms with Gasteiger partial charge in [0, 0.05) is 21.1 Å². The SMILES string of the molecule is Clc1cc(Cl)cc(CNc2cc(Br)ccc2Cl)c1. The molecule has 1 nitrogen and oxygen atoms in total. The molecule has 0 spiro atoms. The van der Waals surface area contributed by atoms with E-state index in [0.717, 1.165) is 15.7 Å². The van der Waals surface area contributed by atoms with Gasteiger partial charge in [-0.2, -0.15) is 0 Å². The average molecular weight is 365 g/mol. The molecule has 18 heavy (non-hydrogen) atoms. The van der Waals surface area contributed by atoms with Crippen molar-refractivity contribution in [3.05, 3.63) is 61.5 Å². The minimum absolute atomic E-state index is 0.608. The van der Waals surface area contributed by atoms with Crippen LogP contribution >= 0.6 is 50.7 Å². The fourth-order valence-electron chi connectivity index (χ4n) is 1.54. The van der Waals surface area contributed by atoms with Gasteiger partial charge in [0.15, 0.2) is 0 Å². The second kappa shape index (κ2) is 6.16. The highest BCUT2D eigenvalue weighted by Crippen LogP contribution is 2.27. The van der Waals surface area contributed by atoms with Crippen LogP contribution in [0.3, 0.4) is 0 Å². The molecule has 94 valence electrons. The van der Waals surface area contributed by atoms with Crippen LogP contribution in [0, 0.1) is 0 Å². The largest absolute Gasteiger partial charge is 0.380 e. The van der Waals surface area contributed by atoms with Gasteiger partial charge in [0.25, 0.3) is 0 Å². The maximum atomic E-state index is 6.09. The van der Waals surface area contributed by atoms with Crippen molar-refractivity contribution in [1.82, 2.24) is 0 Å². The Balaban J connectivity index is 2.13. The van der Waals surface area contributed by atoms with Crippen LogP contribution in [0.2, 0.25) is 15.1 Å². The van der Waals surface area contributed by atoms with E-state index in [-0.39, 0.29) is 0 Å². The second-order valence-corrected chi connectivity index (χ2v) is 5.95. The van der Waals surface area contributed by atoms with Gasteiger partial charge in [0.2, 0.25) is 0 Å². The van der Waals surface area contributed by atoms with E-state index < -0.39 is 0 Å². The van der Waals surface area contributed by atoms with Crippen LogP contribution in [0.15, 0.2) is 40.9 Å². The Morgan fingerprint density at radius 2 is 1.61 bits per heavy atom. The summed E-state index contributed by atoms with van der Waals surface area (Å²) in [6.07, 6.45) is 0. The number of hydrogen-bond donors (Lipinski definition) is 1. The third-order valence-electron chi connectivity index (χ3n) is 2.33. The van der Waals surface area contributed by atoms with Crippen molar-refractivity contribution in [3.63, 3.8) is 0 Å². The molecule has 0 bridgehead atoms. The van der Waals surface area contributed by atoms with Crippen LogP contribution in [0.1, 0.15) is 5.56 Å². The zero-order chi connectivity index (χ0) is 13.1. The highest BCUT2D eigenvalue weighted by molar-refractivity contribution is 9.10. The molecule has 0 fully saturated rings. The van der Waals surface area contributed by atoms with Gasteiger partial charge in [0.05, 0.1) is 10.7 Å². The molecule has 0 saturated carbocycles. The van der Waals surface area contributed by atoms with Crippen LogP contribution < -0.4 is 5.32 Å². The van der Waals surface area contributed by atoms with Crippen LogP contribution in [-0.4, -0.2) is 0 Å². The molecule has 0 amide bonds. The lowest BCUT2D eigenvalue weighted by Gasteiger charge is -2.09. The normalized spacial score (nSPS) is 10.4. The second-order valence-electron chi connectivity index (χ2n) is 3.76. The summed E-state index contributed by atoms with van der Waals surface area (Å²) in [5, 5.41) is 5.17. The van der Waals surface area contributed by atoms with Crippen LogP contribution in [-0.2, 0) is 6.54 Å². The van der Waals surface area contributed by atoms with Gasteiger partial charge < -0.3 is 5.32 Å². The van der Waals surface area contributed by atoms with Crippen LogP contribution in [0.25, 0.3) is 0 Å². The molecule has 0 atom stereocenters. The van der Waals surface area contributed by atoms with Crippen molar-refractivity contribution in [3.8, 4) is 0 Å². The summed E-state index contributed by atoms with van der Waals surface area (Å²) in [6, 6.07) is 11.1. The summed E-state index contributed by atoms with van der Waals surface area (Å²) in [5.74, 6) is 0. The molecule has 0 aromatic heterocycles. The topological polar surface area (TPSA) is 12.0 Å². The van der Waals surface area contributed by atoms with Gasteiger partial charge in [-0.3, -0.25) is 0 Å². The Morgan fingerprint density at radius 3 is 2.28 bits per heavy atom. The number of anilines is 1. The lowest BCUT2D eigenvalue weighted by atomic mass is 10.2. The Hall–Kier alpha value is -0.410. The maximum Gasteiger partial charge on any atom is 0.0638 e. The number of halogens is 4. The first-order chi connectivity index (χ1) is 8.54. The van der Waals surface area contributed by atoms with E-state index >= 15 is 0 Å². The minimum atomic E-state index is 0.608. The molecule has 0 unspecified atom stereocenters. The first-order valence-corrected chi connectivity index (χ1v) is 7.11. The summed E-state index contributed by atoms with van der Waals surface area (Å²) in [6.45, 7) is 0.608. The summed E-state index contributed by atoms with van der Waals surface area (Å²) in [7, 11) is 0. The molecule has 0 aliphatic rings. The smallest absolute Gasteiger partial charge is 0.0638 e. The van der Waals surface area contributed by atoms with E-state index in [4.69, 9.17) is 34.8 Å². The number of rotatable bonds is 3. The average Bonchev–Trinajstić information content (AvgIpc) is 2.29. The van der Waals surface area contributed by atoms with E-state index in [2.05, 4.69) is 21.2 Å². The van der Waals surface area contributed by atoms with Gasteiger partial charge in [-0.1, -0.05) is 50.7 Å². The Kier molecular flexibility index (Phi) is 4.79. The lowest BCUT2D eigenvalue weighted by molar-refractivity contribution is 1.15. The molecule has 2 aromatic rings.